The molecule has 2 aromatic rings. The van der Waals surface area contributed by atoms with Crippen molar-refractivity contribution >= 4 is 27.5 Å². The van der Waals surface area contributed by atoms with Gasteiger partial charge in [-0.15, -0.1) is 0 Å². The molecule has 1 atom stereocenters. The summed E-state index contributed by atoms with van der Waals surface area (Å²) >= 11 is 0. The van der Waals surface area contributed by atoms with Gasteiger partial charge in [-0.3, -0.25) is 9.59 Å². The summed E-state index contributed by atoms with van der Waals surface area (Å²) in [6, 6.07) is 8.67. The number of benzene rings is 2. The summed E-state index contributed by atoms with van der Waals surface area (Å²) in [6.45, 7) is 7.11. The first kappa shape index (κ1) is 18.1. The van der Waals surface area contributed by atoms with E-state index in [-0.39, 0.29) is 10.5 Å². The summed E-state index contributed by atoms with van der Waals surface area (Å²) < 4.78 is 26.1. The van der Waals surface area contributed by atoms with Crippen LogP contribution in [0.15, 0.2) is 41.3 Å². The van der Waals surface area contributed by atoms with Crippen molar-refractivity contribution in [3.05, 3.63) is 58.7 Å². The van der Waals surface area contributed by atoms with Crippen LogP contribution in [-0.2, 0) is 14.8 Å². The lowest BCUT2D eigenvalue weighted by Crippen LogP contribution is -2.45. The Morgan fingerprint density at radius 1 is 1.08 bits per heavy atom. The molecule has 7 heteroatoms. The smallest absolute Gasteiger partial charge is 0.269 e. The van der Waals surface area contributed by atoms with Crippen LogP contribution in [-0.4, -0.2) is 30.6 Å². The van der Waals surface area contributed by atoms with E-state index >= 15 is 0 Å². The SMILES string of the molecule is Cc1cc(C)c(NC(=O)[C@@H](C)N2C(=O)c3ccccc3S2(=O)=O)c(C)c1. The maximum absolute atomic E-state index is 12.7. The van der Waals surface area contributed by atoms with Crippen LogP contribution in [0, 0.1) is 20.8 Å². The molecule has 0 bridgehead atoms. The van der Waals surface area contributed by atoms with E-state index in [0.717, 1.165) is 16.7 Å². The predicted molar refractivity (Wildman–Crippen MR) is 98.5 cm³/mol. The molecule has 2 amide bonds. The Kier molecular flexibility index (Phi) is 4.36. The highest BCUT2D eigenvalue weighted by Crippen LogP contribution is 2.32. The fourth-order valence-electron chi connectivity index (χ4n) is 3.30. The normalized spacial score (nSPS) is 16.3. The first-order valence-electron chi connectivity index (χ1n) is 8.21. The third kappa shape index (κ3) is 2.78. The van der Waals surface area contributed by atoms with E-state index in [1.807, 2.05) is 32.9 Å². The summed E-state index contributed by atoms with van der Waals surface area (Å²) in [5, 5.41) is 2.77. The van der Waals surface area contributed by atoms with Gasteiger partial charge in [-0.05, 0) is 51.0 Å². The molecule has 1 aliphatic heterocycles. The Balaban J connectivity index is 1.92. The molecule has 26 heavy (non-hydrogen) atoms. The molecule has 2 aromatic carbocycles. The number of hydrogen-bond donors (Lipinski definition) is 1. The lowest BCUT2D eigenvalue weighted by molar-refractivity contribution is -0.118. The van der Waals surface area contributed by atoms with Crippen LogP contribution >= 0.6 is 0 Å². The van der Waals surface area contributed by atoms with Crippen LogP contribution in [0.25, 0.3) is 0 Å². The number of amides is 2. The topological polar surface area (TPSA) is 83.6 Å². The summed E-state index contributed by atoms with van der Waals surface area (Å²) in [7, 11) is -4.04. The predicted octanol–water partition coefficient (Wildman–Crippen LogP) is 2.78. The van der Waals surface area contributed by atoms with Gasteiger partial charge in [-0.2, -0.15) is 0 Å². The minimum atomic E-state index is -4.04. The molecule has 3 rings (SSSR count). The van der Waals surface area contributed by atoms with Crippen molar-refractivity contribution in [1.29, 1.82) is 0 Å². The minimum absolute atomic E-state index is 0.0626. The number of hydrogen-bond acceptors (Lipinski definition) is 4. The van der Waals surface area contributed by atoms with Gasteiger partial charge in [0.05, 0.1) is 5.56 Å². The highest BCUT2D eigenvalue weighted by atomic mass is 32.2. The van der Waals surface area contributed by atoms with Crippen molar-refractivity contribution in [3.63, 3.8) is 0 Å². The van der Waals surface area contributed by atoms with Gasteiger partial charge in [0.15, 0.2) is 0 Å². The van der Waals surface area contributed by atoms with E-state index in [9.17, 15) is 18.0 Å². The second-order valence-corrected chi connectivity index (χ2v) is 8.32. The van der Waals surface area contributed by atoms with Gasteiger partial charge in [0.2, 0.25) is 5.91 Å². The standard InChI is InChI=1S/C19H20N2O4S/c1-11-9-12(2)17(13(3)10-11)20-18(22)14(4)21-19(23)15-7-5-6-8-16(15)26(21,24)25/h5-10,14H,1-4H3,(H,20,22)/t14-/m1/s1. The third-order valence-electron chi connectivity index (χ3n) is 4.51. The zero-order valence-electron chi connectivity index (χ0n) is 15.0. The molecule has 6 nitrogen and oxygen atoms in total. The van der Waals surface area contributed by atoms with Gasteiger partial charge in [-0.25, -0.2) is 12.7 Å². The molecule has 0 saturated heterocycles. The fourth-order valence-corrected chi connectivity index (χ4v) is 5.02. The number of anilines is 1. The van der Waals surface area contributed by atoms with Crippen molar-refractivity contribution < 1.29 is 18.0 Å². The van der Waals surface area contributed by atoms with Crippen LogP contribution in [0.1, 0.15) is 34.0 Å². The molecule has 0 unspecified atom stereocenters. The number of aryl methyl sites for hydroxylation is 3. The minimum Gasteiger partial charge on any atom is -0.324 e. The van der Waals surface area contributed by atoms with Crippen molar-refractivity contribution in [1.82, 2.24) is 4.31 Å². The summed E-state index contributed by atoms with van der Waals surface area (Å²) in [5.41, 5.74) is 3.55. The Morgan fingerprint density at radius 2 is 1.65 bits per heavy atom. The molecule has 1 aliphatic rings. The molecule has 0 saturated carbocycles. The van der Waals surface area contributed by atoms with E-state index in [4.69, 9.17) is 0 Å². The maximum Gasteiger partial charge on any atom is 0.269 e. The Hall–Kier alpha value is -2.67. The van der Waals surface area contributed by atoms with E-state index in [1.54, 1.807) is 12.1 Å². The van der Waals surface area contributed by atoms with Crippen LogP contribution in [0.5, 0.6) is 0 Å². The average Bonchev–Trinajstić information content (AvgIpc) is 2.77. The van der Waals surface area contributed by atoms with Gasteiger partial charge in [-0.1, -0.05) is 29.8 Å². The van der Waals surface area contributed by atoms with Crippen LogP contribution in [0.2, 0.25) is 0 Å². The number of carbonyl (C=O) groups is 2. The van der Waals surface area contributed by atoms with E-state index in [2.05, 4.69) is 5.32 Å². The Morgan fingerprint density at radius 3 is 2.23 bits per heavy atom. The maximum atomic E-state index is 12.7. The quantitative estimate of drug-likeness (QED) is 0.898. The highest BCUT2D eigenvalue weighted by Gasteiger charge is 2.45. The molecule has 1 heterocycles. The zero-order chi connectivity index (χ0) is 19.2. The van der Waals surface area contributed by atoms with Gasteiger partial charge in [0.25, 0.3) is 15.9 Å². The van der Waals surface area contributed by atoms with Crippen LogP contribution in [0.3, 0.4) is 0 Å². The first-order valence-corrected chi connectivity index (χ1v) is 9.65. The summed E-state index contributed by atoms with van der Waals surface area (Å²) in [5.74, 6) is -1.23. The van der Waals surface area contributed by atoms with Crippen LogP contribution < -0.4 is 5.32 Å². The van der Waals surface area contributed by atoms with E-state index < -0.39 is 27.9 Å². The lowest BCUT2D eigenvalue weighted by atomic mass is 10.0. The molecule has 1 N–H and O–H groups in total. The second kappa shape index (κ2) is 6.25. The van der Waals surface area contributed by atoms with Crippen molar-refractivity contribution in [3.8, 4) is 0 Å². The third-order valence-corrected chi connectivity index (χ3v) is 6.42. The van der Waals surface area contributed by atoms with E-state index in [0.29, 0.717) is 9.99 Å². The second-order valence-electron chi connectivity index (χ2n) is 6.54. The average molecular weight is 372 g/mol. The monoisotopic (exact) mass is 372 g/mol. The molecular formula is C19H20N2O4S. The molecular weight excluding hydrogens is 352 g/mol. The summed E-state index contributed by atoms with van der Waals surface area (Å²) in [6.07, 6.45) is 0. The van der Waals surface area contributed by atoms with Crippen LogP contribution in [0.4, 0.5) is 5.69 Å². The van der Waals surface area contributed by atoms with Crippen molar-refractivity contribution in [2.75, 3.05) is 5.32 Å². The molecule has 0 radical (unpaired) electrons. The van der Waals surface area contributed by atoms with E-state index in [1.165, 1.54) is 19.1 Å². The molecule has 0 fully saturated rings. The van der Waals surface area contributed by atoms with Gasteiger partial charge < -0.3 is 5.32 Å². The molecule has 0 aliphatic carbocycles. The fraction of sp³-hybridized carbons (Fsp3) is 0.263. The van der Waals surface area contributed by atoms with Gasteiger partial charge >= 0.3 is 0 Å². The highest BCUT2D eigenvalue weighted by molar-refractivity contribution is 7.90. The summed E-state index contributed by atoms with van der Waals surface area (Å²) in [4.78, 5) is 25.2. The molecule has 0 aromatic heterocycles. The largest absolute Gasteiger partial charge is 0.324 e. The Bertz CT molecular complexity index is 1000. The zero-order valence-corrected chi connectivity index (χ0v) is 15.8. The van der Waals surface area contributed by atoms with Gasteiger partial charge in [0.1, 0.15) is 10.9 Å². The number of sulfonamides is 1. The lowest BCUT2D eigenvalue weighted by Gasteiger charge is -2.23. The molecule has 136 valence electrons. The number of carbonyl (C=O) groups excluding carboxylic acids is 2. The molecule has 0 spiro atoms. The number of nitrogens with one attached hydrogen (secondary N) is 1. The number of nitrogens with zero attached hydrogens (tertiary/aromatic N) is 1. The number of fused-ring (bicyclic) bond motifs is 1. The van der Waals surface area contributed by atoms with Crippen molar-refractivity contribution in [2.45, 2.75) is 38.6 Å². The first-order chi connectivity index (χ1) is 12.1. The van der Waals surface area contributed by atoms with Crippen molar-refractivity contribution in [2.24, 2.45) is 0 Å². The Labute approximate surface area is 152 Å². The number of rotatable bonds is 3. The van der Waals surface area contributed by atoms with Gasteiger partial charge in [0, 0.05) is 5.69 Å².